The van der Waals surface area contributed by atoms with Crippen molar-refractivity contribution >= 4 is 33.0 Å². The molecule has 18 heavy (non-hydrogen) atoms. The highest BCUT2D eigenvalue weighted by Crippen LogP contribution is 2.38. The summed E-state index contributed by atoms with van der Waals surface area (Å²) in [6, 6.07) is 12.7. The lowest BCUT2D eigenvalue weighted by molar-refractivity contribution is 0.999. The first-order valence-corrected chi connectivity index (χ1v) is 6.86. The molecule has 0 saturated carbocycles. The molecule has 0 aliphatic carbocycles. The van der Waals surface area contributed by atoms with Crippen LogP contribution < -0.4 is 10.6 Å². The van der Waals surface area contributed by atoms with Crippen molar-refractivity contribution in [2.45, 2.75) is 13.3 Å². The van der Waals surface area contributed by atoms with Gasteiger partial charge < -0.3 is 10.6 Å². The summed E-state index contributed by atoms with van der Waals surface area (Å²) < 4.78 is 1.14. The topological polar surface area (TPSA) is 29.3 Å². The minimum atomic E-state index is 0.853. The molecule has 2 aromatic rings. The van der Waals surface area contributed by atoms with Crippen molar-refractivity contribution in [3.05, 3.63) is 52.0 Å². The number of hydrogen-bond acceptors (Lipinski definition) is 2. The van der Waals surface area contributed by atoms with Crippen LogP contribution in [0.2, 0.25) is 0 Å². The van der Waals surface area contributed by atoms with Gasteiger partial charge in [-0.1, -0.05) is 22.0 Å². The molecule has 2 N–H and O–H groups in total. The second kappa shape index (κ2) is 4.32. The lowest BCUT2D eigenvalue weighted by Gasteiger charge is -2.21. The normalized spacial score (nSPS) is 13.8. The Balaban J connectivity index is 2.06. The molecule has 0 radical (unpaired) electrons. The Kier molecular flexibility index (Phi) is 2.78. The van der Waals surface area contributed by atoms with E-state index in [-0.39, 0.29) is 0 Å². The average molecular weight is 303 g/mol. The molecule has 0 spiro atoms. The fourth-order valence-corrected chi connectivity index (χ4v) is 2.95. The molecule has 1 heterocycles. The summed E-state index contributed by atoms with van der Waals surface area (Å²) >= 11 is 3.52. The maximum atomic E-state index is 6.14. The second-order valence-electron chi connectivity index (χ2n) is 4.74. The monoisotopic (exact) mass is 302 g/mol. The zero-order valence-corrected chi connectivity index (χ0v) is 11.9. The van der Waals surface area contributed by atoms with Crippen LogP contribution in [0.5, 0.6) is 0 Å². The van der Waals surface area contributed by atoms with Gasteiger partial charge in [-0.25, -0.2) is 0 Å². The Bertz CT molecular complexity index is 607. The fraction of sp³-hybridized carbons (Fsp3) is 0.200. The summed E-state index contributed by atoms with van der Waals surface area (Å²) in [5, 5.41) is 0. The second-order valence-corrected chi connectivity index (χ2v) is 5.65. The first-order chi connectivity index (χ1) is 8.65. The van der Waals surface area contributed by atoms with Crippen LogP contribution in [0.1, 0.15) is 11.1 Å². The van der Waals surface area contributed by atoms with Crippen molar-refractivity contribution in [1.29, 1.82) is 0 Å². The molecule has 3 rings (SSSR count). The highest BCUT2D eigenvalue weighted by atomic mass is 79.9. The molecule has 1 aliphatic rings. The molecule has 0 atom stereocenters. The van der Waals surface area contributed by atoms with E-state index >= 15 is 0 Å². The highest BCUT2D eigenvalue weighted by molar-refractivity contribution is 9.10. The number of halogens is 1. The first-order valence-electron chi connectivity index (χ1n) is 6.07. The third-order valence-electron chi connectivity index (χ3n) is 3.41. The van der Waals surface area contributed by atoms with Gasteiger partial charge in [0.05, 0.1) is 11.4 Å². The SMILES string of the molecule is Cc1ccc(N2CCc3cc(Br)ccc32)c(N)c1. The third kappa shape index (κ3) is 1.89. The Hall–Kier alpha value is -1.48. The third-order valence-corrected chi connectivity index (χ3v) is 3.90. The van der Waals surface area contributed by atoms with Crippen LogP contribution in [0, 0.1) is 6.92 Å². The van der Waals surface area contributed by atoms with Crippen LogP contribution in [0.25, 0.3) is 0 Å². The lowest BCUT2D eigenvalue weighted by atomic mass is 10.1. The standard InChI is InChI=1S/C15H15BrN2/c1-10-2-4-15(13(17)8-10)18-7-6-11-9-12(16)3-5-14(11)18/h2-5,8-9H,6-7,17H2,1H3. The molecular weight excluding hydrogens is 288 g/mol. The molecule has 3 heteroatoms. The van der Waals surface area contributed by atoms with Crippen molar-refractivity contribution in [3.8, 4) is 0 Å². The zero-order valence-electron chi connectivity index (χ0n) is 10.3. The average Bonchev–Trinajstić information content (AvgIpc) is 2.72. The lowest BCUT2D eigenvalue weighted by Crippen LogP contribution is -2.14. The van der Waals surface area contributed by atoms with E-state index in [9.17, 15) is 0 Å². The van der Waals surface area contributed by atoms with Crippen LogP contribution in [0.15, 0.2) is 40.9 Å². The Morgan fingerprint density at radius 3 is 2.67 bits per heavy atom. The van der Waals surface area contributed by atoms with E-state index in [1.54, 1.807) is 0 Å². The summed E-state index contributed by atoms with van der Waals surface area (Å²) in [6.45, 7) is 3.06. The van der Waals surface area contributed by atoms with Crippen LogP contribution in [-0.2, 0) is 6.42 Å². The number of rotatable bonds is 1. The number of fused-ring (bicyclic) bond motifs is 1. The number of nitrogens with two attached hydrogens (primary N) is 1. The highest BCUT2D eigenvalue weighted by Gasteiger charge is 2.21. The Labute approximate surface area is 116 Å². The maximum absolute atomic E-state index is 6.14. The van der Waals surface area contributed by atoms with E-state index in [1.807, 2.05) is 6.07 Å². The van der Waals surface area contributed by atoms with Gasteiger partial charge in [0.1, 0.15) is 0 Å². The molecule has 2 aromatic carbocycles. The predicted octanol–water partition coefficient (Wildman–Crippen LogP) is 4.03. The van der Waals surface area contributed by atoms with E-state index in [1.165, 1.54) is 16.8 Å². The summed E-state index contributed by atoms with van der Waals surface area (Å²) in [7, 11) is 0. The van der Waals surface area contributed by atoms with E-state index in [2.05, 4.69) is 58.1 Å². The quantitative estimate of drug-likeness (QED) is 0.806. The summed E-state index contributed by atoms with van der Waals surface area (Å²) in [6.07, 6.45) is 1.07. The van der Waals surface area contributed by atoms with E-state index in [4.69, 9.17) is 5.73 Å². The molecule has 0 unspecified atom stereocenters. The molecular formula is C15H15BrN2. The minimum Gasteiger partial charge on any atom is -0.397 e. The number of aryl methyl sites for hydroxylation is 1. The summed E-state index contributed by atoms with van der Waals surface area (Å²) in [5.74, 6) is 0. The predicted molar refractivity (Wildman–Crippen MR) is 80.4 cm³/mol. The summed E-state index contributed by atoms with van der Waals surface area (Å²) in [4.78, 5) is 2.30. The van der Waals surface area contributed by atoms with Gasteiger partial charge in [-0.2, -0.15) is 0 Å². The molecule has 0 bridgehead atoms. The Morgan fingerprint density at radius 1 is 1.11 bits per heavy atom. The van der Waals surface area contributed by atoms with Gasteiger partial charge in [-0.3, -0.25) is 0 Å². The van der Waals surface area contributed by atoms with Gasteiger partial charge in [-0.15, -0.1) is 0 Å². The van der Waals surface area contributed by atoms with Gasteiger partial charge in [0.25, 0.3) is 0 Å². The van der Waals surface area contributed by atoms with Crippen molar-refractivity contribution in [1.82, 2.24) is 0 Å². The smallest absolute Gasteiger partial charge is 0.0644 e. The summed E-state index contributed by atoms with van der Waals surface area (Å²) in [5.41, 5.74) is 12.0. The van der Waals surface area contributed by atoms with Crippen LogP contribution in [0.4, 0.5) is 17.1 Å². The molecule has 0 aromatic heterocycles. The van der Waals surface area contributed by atoms with Gasteiger partial charge in [0.2, 0.25) is 0 Å². The van der Waals surface area contributed by atoms with Crippen LogP contribution in [-0.4, -0.2) is 6.54 Å². The zero-order chi connectivity index (χ0) is 12.7. The molecule has 0 amide bonds. The van der Waals surface area contributed by atoms with Gasteiger partial charge >= 0.3 is 0 Å². The molecule has 1 aliphatic heterocycles. The van der Waals surface area contributed by atoms with Crippen molar-refractivity contribution in [3.63, 3.8) is 0 Å². The number of nitrogen functional groups attached to an aromatic ring is 1. The van der Waals surface area contributed by atoms with Crippen LogP contribution >= 0.6 is 15.9 Å². The Morgan fingerprint density at radius 2 is 1.89 bits per heavy atom. The number of anilines is 3. The number of hydrogen-bond donors (Lipinski definition) is 1. The van der Waals surface area contributed by atoms with Gasteiger partial charge in [0, 0.05) is 16.7 Å². The van der Waals surface area contributed by atoms with E-state index in [0.717, 1.165) is 28.8 Å². The maximum Gasteiger partial charge on any atom is 0.0644 e. The van der Waals surface area contributed by atoms with Crippen molar-refractivity contribution < 1.29 is 0 Å². The van der Waals surface area contributed by atoms with E-state index < -0.39 is 0 Å². The van der Waals surface area contributed by atoms with Crippen LogP contribution in [0.3, 0.4) is 0 Å². The molecule has 92 valence electrons. The van der Waals surface area contributed by atoms with Crippen molar-refractivity contribution in [2.24, 2.45) is 0 Å². The van der Waals surface area contributed by atoms with Gasteiger partial charge in [0.15, 0.2) is 0 Å². The molecule has 0 fully saturated rings. The van der Waals surface area contributed by atoms with Crippen molar-refractivity contribution in [2.75, 3.05) is 17.2 Å². The van der Waals surface area contributed by atoms with Gasteiger partial charge in [-0.05, 0) is 54.8 Å². The number of benzene rings is 2. The van der Waals surface area contributed by atoms with E-state index in [0.29, 0.717) is 0 Å². The fourth-order valence-electron chi connectivity index (χ4n) is 2.54. The molecule has 0 saturated heterocycles. The molecule has 2 nitrogen and oxygen atoms in total. The largest absolute Gasteiger partial charge is 0.397 e. The number of nitrogens with zero attached hydrogens (tertiary/aromatic N) is 1. The first kappa shape index (κ1) is 11.6. The minimum absolute atomic E-state index is 0.853.